The standard InChI is InChI=1S/C22H29N3O3/c1-3-28-19-13-11-17(12-14-19)16(2)25-20(26)10-7-15-24-22(27)21(23)18-8-5-4-6-9-18/h4-6,8-9,11-14,16,21H,3,7,10,15,23H2,1-2H3,(H,24,27)(H,25,26). The lowest BCUT2D eigenvalue weighted by Crippen LogP contribution is -2.35. The van der Waals surface area contributed by atoms with Crippen LogP contribution in [0.2, 0.25) is 0 Å². The van der Waals surface area contributed by atoms with Crippen LogP contribution in [0.25, 0.3) is 0 Å². The van der Waals surface area contributed by atoms with Crippen LogP contribution in [-0.2, 0) is 9.59 Å². The highest BCUT2D eigenvalue weighted by molar-refractivity contribution is 5.83. The van der Waals surface area contributed by atoms with E-state index in [-0.39, 0.29) is 17.9 Å². The highest BCUT2D eigenvalue weighted by atomic mass is 16.5. The number of rotatable bonds is 10. The summed E-state index contributed by atoms with van der Waals surface area (Å²) in [6, 6.07) is 16.1. The second kappa shape index (κ2) is 11.1. The van der Waals surface area contributed by atoms with E-state index in [9.17, 15) is 9.59 Å². The Balaban J connectivity index is 1.68. The van der Waals surface area contributed by atoms with Gasteiger partial charge in [-0.15, -0.1) is 0 Å². The van der Waals surface area contributed by atoms with Crippen molar-refractivity contribution in [2.45, 2.75) is 38.8 Å². The van der Waals surface area contributed by atoms with E-state index < -0.39 is 6.04 Å². The van der Waals surface area contributed by atoms with E-state index in [0.29, 0.717) is 26.0 Å². The zero-order valence-corrected chi connectivity index (χ0v) is 16.5. The molecule has 0 radical (unpaired) electrons. The Bertz CT molecular complexity index is 747. The van der Waals surface area contributed by atoms with Crippen molar-refractivity contribution in [3.8, 4) is 5.75 Å². The predicted molar refractivity (Wildman–Crippen MR) is 110 cm³/mol. The van der Waals surface area contributed by atoms with Gasteiger partial charge in [-0.2, -0.15) is 0 Å². The molecule has 28 heavy (non-hydrogen) atoms. The van der Waals surface area contributed by atoms with Crippen LogP contribution in [0.4, 0.5) is 0 Å². The Labute approximate surface area is 166 Å². The fraction of sp³-hybridized carbons (Fsp3) is 0.364. The maximum absolute atomic E-state index is 12.1. The fourth-order valence-corrected chi connectivity index (χ4v) is 2.80. The smallest absolute Gasteiger partial charge is 0.241 e. The summed E-state index contributed by atoms with van der Waals surface area (Å²) < 4.78 is 5.42. The first-order valence-electron chi connectivity index (χ1n) is 9.61. The summed E-state index contributed by atoms with van der Waals surface area (Å²) in [6.45, 7) is 4.91. The van der Waals surface area contributed by atoms with Crippen LogP contribution in [0.15, 0.2) is 54.6 Å². The van der Waals surface area contributed by atoms with Gasteiger partial charge >= 0.3 is 0 Å². The molecule has 0 spiro atoms. The van der Waals surface area contributed by atoms with E-state index in [1.807, 2.05) is 68.4 Å². The molecule has 0 aliphatic rings. The lowest BCUT2D eigenvalue weighted by Gasteiger charge is -2.15. The maximum Gasteiger partial charge on any atom is 0.241 e. The van der Waals surface area contributed by atoms with Gasteiger partial charge in [0.25, 0.3) is 0 Å². The summed E-state index contributed by atoms with van der Waals surface area (Å²) in [7, 11) is 0. The van der Waals surface area contributed by atoms with Gasteiger partial charge in [-0.3, -0.25) is 9.59 Å². The summed E-state index contributed by atoms with van der Waals surface area (Å²) in [5, 5.41) is 5.75. The van der Waals surface area contributed by atoms with E-state index in [1.54, 1.807) is 0 Å². The fourth-order valence-electron chi connectivity index (χ4n) is 2.80. The molecule has 2 atom stereocenters. The third-order valence-corrected chi connectivity index (χ3v) is 4.39. The maximum atomic E-state index is 12.1. The summed E-state index contributed by atoms with van der Waals surface area (Å²) in [4.78, 5) is 24.2. The van der Waals surface area contributed by atoms with Gasteiger partial charge in [-0.1, -0.05) is 42.5 Å². The number of carbonyl (C=O) groups is 2. The van der Waals surface area contributed by atoms with Crippen molar-refractivity contribution < 1.29 is 14.3 Å². The van der Waals surface area contributed by atoms with E-state index in [0.717, 1.165) is 16.9 Å². The number of nitrogens with one attached hydrogen (secondary N) is 2. The molecule has 0 heterocycles. The quantitative estimate of drug-likeness (QED) is 0.550. The molecule has 0 fully saturated rings. The molecule has 0 bridgehead atoms. The molecule has 2 rings (SSSR count). The number of amides is 2. The van der Waals surface area contributed by atoms with E-state index in [2.05, 4.69) is 10.6 Å². The lowest BCUT2D eigenvalue weighted by atomic mass is 10.1. The molecule has 150 valence electrons. The van der Waals surface area contributed by atoms with Gasteiger partial charge in [-0.05, 0) is 43.5 Å². The first-order chi connectivity index (χ1) is 13.5. The first kappa shape index (κ1) is 21.4. The number of hydrogen-bond acceptors (Lipinski definition) is 4. The zero-order valence-electron chi connectivity index (χ0n) is 16.5. The second-order valence-electron chi connectivity index (χ2n) is 6.57. The Kier molecular flexibility index (Phi) is 8.49. The second-order valence-corrected chi connectivity index (χ2v) is 6.57. The van der Waals surface area contributed by atoms with E-state index >= 15 is 0 Å². The summed E-state index contributed by atoms with van der Waals surface area (Å²) in [6.07, 6.45) is 0.886. The van der Waals surface area contributed by atoms with Crippen LogP contribution in [0.1, 0.15) is 49.9 Å². The Morgan fingerprint density at radius 1 is 1.04 bits per heavy atom. The van der Waals surface area contributed by atoms with Gasteiger partial charge in [-0.25, -0.2) is 0 Å². The molecule has 0 aliphatic heterocycles. The van der Waals surface area contributed by atoms with Crippen molar-refractivity contribution in [3.05, 3.63) is 65.7 Å². The number of carbonyl (C=O) groups excluding carboxylic acids is 2. The van der Waals surface area contributed by atoms with Gasteiger partial charge < -0.3 is 21.1 Å². The largest absolute Gasteiger partial charge is 0.494 e. The summed E-state index contributed by atoms with van der Waals surface area (Å²) >= 11 is 0. The summed E-state index contributed by atoms with van der Waals surface area (Å²) in [5.41, 5.74) is 7.72. The minimum absolute atomic E-state index is 0.0528. The van der Waals surface area contributed by atoms with Crippen molar-refractivity contribution in [1.82, 2.24) is 10.6 Å². The Hall–Kier alpha value is -2.86. The van der Waals surface area contributed by atoms with Gasteiger partial charge in [0.05, 0.1) is 12.6 Å². The van der Waals surface area contributed by atoms with Crippen molar-refractivity contribution in [2.24, 2.45) is 5.73 Å². The van der Waals surface area contributed by atoms with Gasteiger partial charge in [0.2, 0.25) is 11.8 Å². The average molecular weight is 383 g/mol. The molecular formula is C22H29N3O3. The molecule has 0 saturated carbocycles. The van der Waals surface area contributed by atoms with Gasteiger partial charge in [0.15, 0.2) is 0 Å². The highest BCUT2D eigenvalue weighted by Crippen LogP contribution is 2.17. The van der Waals surface area contributed by atoms with Crippen LogP contribution in [0, 0.1) is 0 Å². The van der Waals surface area contributed by atoms with Crippen molar-refractivity contribution in [2.75, 3.05) is 13.2 Å². The van der Waals surface area contributed by atoms with Crippen LogP contribution in [0.5, 0.6) is 5.75 Å². The Morgan fingerprint density at radius 2 is 1.71 bits per heavy atom. The molecule has 4 N–H and O–H groups in total. The third-order valence-electron chi connectivity index (χ3n) is 4.39. The van der Waals surface area contributed by atoms with Crippen LogP contribution in [-0.4, -0.2) is 25.0 Å². The normalized spacial score (nSPS) is 12.7. The SMILES string of the molecule is CCOc1ccc(C(C)NC(=O)CCCNC(=O)C(N)c2ccccc2)cc1. The van der Waals surface area contributed by atoms with Crippen molar-refractivity contribution in [3.63, 3.8) is 0 Å². The minimum atomic E-state index is -0.699. The zero-order chi connectivity index (χ0) is 20.4. The number of ether oxygens (including phenoxy) is 1. The van der Waals surface area contributed by atoms with Crippen LogP contribution >= 0.6 is 0 Å². The molecule has 2 aromatic rings. The topological polar surface area (TPSA) is 93.5 Å². The molecule has 0 saturated heterocycles. The molecule has 2 aromatic carbocycles. The van der Waals surface area contributed by atoms with Gasteiger partial charge in [0.1, 0.15) is 11.8 Å². The van der Waals surface area contributed by atoms with Crippen molar-refractivity contribution >= 4 is 11.8 Å². The van der Waals surface area contributed by atoms with Crippen LogP contribution in [0.3, 0.4) is 0 Å². The molecule has 2 amide bonds. The first-order valence-corrected chi connectivity index (χ1v) is 9.61. The molecule has 0 aliphatic carbocycles. The summed E-state index contributed by atoms with van der Waals surface area (Å²) in [5.74, 6) is 0.520. The van der Waals surface area contributed by atoms with Crippen molar-refractivity contribution in [1.29, 1.82) is 0 Å². The van der Waals surface area contributed by atoms with Crippen LogP contribution < -0.4 is 21.1 Å². The number of nitrogens with two attached hydrogens (primary N) is 1. The minimum Gasteiger partial charge on any atom is -0.494 e. The van der Waals surface area contributed by atoms with E-state index in [1.165, 1.54) is 0 Å². The van der Waals surface area contributed by atoms with Gasteiger partial charge in [0, 0.05) is 13.0 Å². The predicted octanol–water partition coefficient (Wildman–Crippen LogP) is 2.86. The third kappa shape index (κ3) is 6.70. The molecule has 2 unspecified atom stereocenters. The highest BCUT2D eigenvalue weighted by Gasteiger charge is 2.15. The molecular weight excluding hydrogens is 354 g/mol. The average Bonchev–Trinajstić information content (AvgIpc) is 2.72. The molecule has 0 aromatic heterocycles. The number of benzene rings is 2. The molecule has 6 heteroatoms. The van der Waals surface area contributed by atoms with E-state index in [4.69, 9.17) is 10.5 Å². The molecule has 6 nitrogen and oxygen atoms in total. The number of hydrogen-bond donors (Lipinski definition) is 3. The Morgan fingerprint density at radius 3 is 2.36 bits per heavy atom. The monoisotopic (exact) mass is 383 g/mol. The lowest BCUT2D eigenvalue weighted by molar-refractivity contribution is -0.124.